The zero-order valence-electron chi connectivity index (χ0n) is 10.7. The number of amides is 1. The fourth-order valence-electron chi connectivity index (χ4n) is 1.71. The fourth-order valence-corrected chi connectivity index (χ4v) is 2.67. The first-order chi connectivity index (χ1) is 10.2. The van der Waals surface area contributed by atoms with Crippen LogP contribution in [-0.2, 0) is 6.42 Å². The molecule has 0 radical (unpaired) electrons. The van der Waals surface area contributed by atoms with E-state index in [2.05, 4.69) is 31.4 Å². The summed E-state index contributed by atoms with van der Waals surface area (Å²) in [5.41, 5.74) is 0.524. The Morgan fingerprint density at radius 1 is 1.24 bits per heavy atom. The summed E-state index contributed by atoms with van der Waals surface area (Å²) in [5, 5.41) is 12.3. The van der Waals surface area contributed by atoms with E-state index in [9.17, 15) is 4.79 Å². The van der Waals surface area contributed by atoms with Gasteiger partial charge in [0, 0.05) is 14.9 Å². The van der Waals surface area contributed by atoms with E-state index in [1.54, 1.807) is 35.6 Å². The lowest BCUT2D eigenvalue weighted by Crippen LogP contribution is -2.11. The van der Waals surface area contributed by atoms with Gasteiger partial charge < -0.3 is 4.42 Å². The maximum Gasteiger partial charge on any atom is 0.322 e. The third kappa shape index (κ3) is 3.56. The van der Waals surface area contributed by atoms with Gasteiger partial charge in [0.1, 0.15) is 0 Å². The number of hydrogen-bond acceptors (Lipinski definition) is 5. The standard InChI is InChI=1S/C14H10BrN3O2S/c15-10-5-3-9(4-6-10)13(19)16-14-18-17-12(20-14)8-11-2-1-7-21-11/h1-7H,8H2,(H,16,18,19). The summed E-state index contributed by atoms with van der Waals surface area (Å²) in [7, 11) is 0. The van der Waals surface area contributed by atoms with Crippen molar-refractivity contribution in [2.24, 2.45) is 0 Å². The van der Waals surface area contributed by atoms with Crippen LogP contribution in [0.1, 0.15) is 21.1 Å². The Morgan fingerprint density at radius 2 is 2.05 bits per heavy atom. The molecule has 0 atom stereocenters. The van der Waals surface area contributed by atoms with Crippen molar-refractivity contribution in [2.75, 3.05) is 5.32 Å². The molecular formula is C14H10BrN3O2S. The van der Waals surface area contributed by atoms with Crippen molar-refractivity contribution < 1.29 is 9.21 Å². The van der Waals surface area contributed by atoms with Crippen molar-refractivity contribution in [1.29, 1.82) is 0 Å². The molecule has 0 aliphatic heterocycles. The summed E-state index contributed by atoms with van der Waals surface area (Å²) in [5.74, 6) is 0.192. The van der Waals surface area contributed by atoms with Crippen LogP contribution in [0.5, 0.6) is 0 Å². The number of rotatable bonds is 4. The summed E-state index contributed by atoms with van der Waals surface area (Å²) in [4.78, 5) is 13.1. The number of carbonyl (C=O) groups is 1. The summed E-state index contributed by atoms with van der Waals surface area (Å²) in [6, 6.07) is 11.1. The van der Waals surface area contributed by atoms with Gasteiger partial charge in [-0.15, -0.1) is 16.4 Å². The van der Waals surface area contributed by atoms with E-state index in [-0.39, 0.29) is 11.9 Å². The van der Waals surface area contributed by atoms with Gasteiger partial charge in [0.15, 0.2) is 0 Å². The molecule has 3 aromatic rings. The van der Waals surface area contributed by atoms with E-state index in [0.717, 1.165) is 9.35 Å². The van der Waals surface area contributed by atoms with Gasteiger partial charge in [-0.2, -0.15) is 0 Å². The molecule has 0 fully saturated rings. The molecule has 0 bridgehead atoms. The monoisotopic (exact) mass is 363 g/mol. The van der Waals surface area contributed by atoms with Crippen LogP contribution in [0.3, 0.4) is 0 Å². The van der Waals surface area contributed by atoms with Gasteiger partial charge in [-0.25, -0.2) is 0 Å². The van der Waals surface area contributed by atoms with E-state index in [4.69, 9.17) is 4.42 Å². The normalized spacial score (nSPS) is 10.5. The van der Waals surface area contributed by atoms with Crippen molar-refractivity contribution in [3.63, 3.8) is 0 Å². The van der Waals surface area contributed by atoms with E-state index < -0.39 is 0 Å². The second kappa shape index (κ2) is 6.19. The molecule has 0 saturated heterocycles. The molecule has 1 aromatic carbocycles. The van der Waals surface area contributed by atoms with Crippen molar-refractivity contribution in [2.45, 2.75) is 6.42 Å². The lowest BCUT2D eigenvalue weighted by atomic mass is 10.2. The number of anilines is 1. The lowest BCUT2D eigenvalue weighted by Gasteiger charge is -2.00. The molecule has 7 heteroatoms. The first-order valence-corrected chi connectivity index (χ1v) is 7.79. The van der Waals surface area contributed by atoms with E-state index in [1.807, 2.05) is 17.5 Å². The molecule has 0 unspecified atom stereocenters. The third-order valence-electron chi connectivity index (χ3n) is 2.70. The third-order valence-corrected chi connectivity index (χ3v) is 4.10. The van der Waals surface area contributed by atoms with Crippen molar-refractivity contribution in [3.8, 4) is 0 Å². The predicted octanol–water partition coefficient (Wildman–Crippen LogP) is 3.74. The fraction of sp³-hybridized carbons (Fsp3) is 0.0714. The van der Waals surface area contributed by atoms with Crippen LogP contribution >= 0.6 is 27.3 Å². The summed E-state index contributed by atoms with van der Waals surface area (Å²) in [6.45, 7) is 0. The molecule has 1 N–H and O–H groups in total. The number of nitrogens with one attached hydrogen (secondary N) is 1. The summed E-state index contributed by atoms with van der Waals surface area (Å²) < 4.78 is 6.33. The van der Waals surface area contributed by atoms with Crippen LogP contribution in [0.25, 0.3) is 0 Å². The molecule has 5 nitrogen and oxygen atoms in total. The first kappa shape index (κ1) is 14.0. The molecule has 0 aliphatic rings. The predicted molar refractivity (Wildman–Crippen MR) is 83.5 cm³/mol. The number of aromatic nitrogens is 2. The van der Waals surface area contributed by atoms with Gasteiger partial charge in [0.05, 0.1) is 6.42 Å². The highest BCUT2D eigenvalue weighted by Gasteiger charge is 2.12. The minimum absolute atomic E-state index is 0.106. The van der Waals surface area contributed by atoms with Gasteiger partial charge in [-0.3, -0.25) is 10.1 Å². The highest BCUT2D eigenvalue weighted by Crippen LogP contribution is 2.16. The summed E-state index contributed by atoms with van der Waals surface area (Å²) in [6.07, 6.45) is 0.568. The molecule has 0 aliphatic carbocycles. The lowest BCUT2D eigenvalue weighted by molar-refractivity contribution is 0.102. The Morgan fingerprint density at radius 3 is 2.76 bits per heavy atom. The van der Waals surface area contributed by atoms with E-state index >= 15 is 0 Å². The van der Waals surface area contributed by atoms with Crippen LogP contribution in [0.4, 0.5) is 6.01 Å². The number of halogens is 1. The minimum atomic E-state index is -0.283. The van der Waals surface area contributed by atoms with Crippen LogP contribution in [0, 0.1) is 0 Å². The molecule has 1 amide bonds. The SMILES string of the molecule is O=C(Nc1nnc(Cc2cccs2)o1)c1ccc(Br)cc1. The van der Waals surface area contributed by atoms with Gasteiger partial charge in [-0.05, 0) is 35.7 Å². The van der Waals surface area contributed by atoms with Crippen molar-refractivity contribution >= 4 is 39.2 Å². The van der Waals surface area contributed by atoms with Crippen molar-refractivity contribution in [1.82, 2.24) is 10.2 Å². The molecule has 2 aromatic heterocycles. The van der Waals surface area contributed by atoms with E-state index in [0.29, 0.717) is 17.9 Å². The van der Waals surface area contributed by atoms with Crippen molar-refractivity contribution in [3.05, 3.63) is 62.6 Å². The molecule has 21 heavy (non-hydrogen) atoms. The zero-order chi connectivity index (χ0) is 14.7. The van der Waals surface area contributed by atoms with Gasteiger partial charge in [0.2, 0.25) is 5.89 Å². The highest BCUT2D eigenvalue weighted by atomic mass is 79.9. The maximum absolute atomic E-state index is 12.0. The number of nitrogens with zero attached hydrogens (tertiary/aromatic N) is 2. The Kier molecular flexibility index (Phi) is 4.12. The minimum Gasteiger partial charge on any atom is -0.407 e. The highest BCUT2D eigenvalue weighted by molar-refractivity contribution is 9.10. The zero-order valence-corrected chi connectivity index (χ0v) is 13.1. The second-order valence-electron chi connectivity index (χ2n) is 4.22. The van der Waals surface area contributed by atoms with Gasteiger partial charge >= 0.3 is 6.01 Å². The van der Waals surface area contributed by atoms with Crippen LogP contribution < -0.4 is 5.32 Å². The van der Waals surface area contributed by atoms with Gasteiger partial charge in [0.25, 0.3) is 5.91 Å². The topological polar surface area (TPSA) is 68.0 Å². The number of hydrogen-bond donors (Lipinski definition) is 1. The molecule has 3 rings (SSSR count). The molecule has 0 spiro atoms. The maximum atomic E-state index is 12.0. The Bertz CT molecular complexity index is 738. The Balaban J connectivity index is 1.66. The Hall–Kier alpha value is -1.99. The number of benzene rings is 1. The average Bonchev–Trinajstić information content (AvgIpc) is 3.12. The molecule has 106 valence electrons. The molecule has 2 heterocycles. The summed E-state index contributed by atoms with van der Waals surface area (Å²) >= 11 is 4.94. The van der Waals surface area contributed by atoms with E-state index in [1.165, 1.54) is 0 Å². The average molecular weight is 364 g/mol. The molecule has 0 saturated carbocycles. The number of carbonyl (C=O) groups excluding carboxylic acids is 1. The molecular weight excluding hydrogens is 354 g/mol. The largest absolute Gasteiger partial charge is 0.407 e. The second-order valence-corrected chi connectivity index (χ2v) is 6.17. The van der Waals surface area contributed by atoms with Crippen LogP contribution in [0.15, 0.2) is 50.7 Å². The quantitative estimate of drug-likeness (QED) is 0.766. The van der Waals surface area contributed by atoms with Gasteiger partial charge in [-0.1, -0.05) is 27.1 Å². The Labute approximate surface area is 133 Å². The first-order valence-electron chi connectivity index (χ1n) is 6.12. The van der Waals surface area contributed by atoms with Crippen LogP contribution in [-0.4, -0.2) is 16.1 Å². The van der Waals surface area contributed by atoms with Crippen LogP contribution in [0.2, 0.25) is 0 Å². The smallest absolute Gasteiger partial charge is 0.322 e. The number of thiophene rings is 1.